The molecule has 30 heavy (non-hydrogen) atoms. The summed E-state index contributed by atoms with van der Waals surface area (Å²) in [7, 11) is 0. The zero-order valence-electron chi connectivity index (χ0n) is 17.3. The summed E-state index contributed by atoms with van der Waals surface area (Å²) in [6, 6.07) is -1.22. The second kappa shape index (κ2) is 8.00. The molecule has 0 radical (unpaired) electrons. The highest BCUT2D eigenvalue weighted by Gasteiger charge is 2.44. The summed E-state index contributed by atoms with van der Waals surface area (Å²) >= 11 is 0. The van der Waals surface area contributed by atoms with Crippen molar-refractivity contribution in [3.63, 3.8) is 0 Å². The molecule has 1 saturated carbocycles. The fourth-order valence-corrected chi connectivity index (χ4v) is 5.27. The molecular formula is C21H29F3N4O2. The number of aromatic amines is 1. The van der Waals surface area contributed by atoms with E-state index in [9.17, 15) is 18.4 Å². The number of hydrogen-bond acceptors (Lipinski definition) is 4. The van der Waals surface area contributed by atoms with Crippen LogP contribution in [0.4, 0.5) is 13.2 Å². The van der Waals surface area contributed by atoms with Gasteiger partial charge in [-0.3, -0.25) is 28.0 Å². The second-order valence-electron chi connectivity index (χ2n) is 9.02. The van der Waals surface area contributed by atoms with Gasteiger partial charge in [0, 0.05) is 36.2 Å². The van der Waals surface area contributed by atoms with Gasteiger partial charge in [-0.1, -0.05) is 6.92 Å². The lowest BCUT2D eigenvalue weighted by Gasteiger charge is -2.38. The molecule has 2 heterocycles. The number of aromatic nitrogens is 2. The fraction of sp³-hybridized carbons (Fsp3) is 0.714. The van der Waals surface area contributed by atoms with Crippen molar-refractivity contribution in [1.29, 1.82) is 0 Å². The first kappa shape index (κ1) is 21.4. The van der Waals surface area contributed by atoms with Crippen molar-refractivity contribution in [3.8, 4) is 0 Å². The van der Waals surface area contributed by atoms with E-state index in [-0.39, 0.29) is 28.9 Å². The summed E-state index contributed by atoms with van der Waals surface area (Å²) in [6.07, 6.45) is 2.34. The summed E-state index contributed by atoms with van der Waals surface area (Å²) in [5, 5.41) is 0. The molecule has 4 atom stereocenters. The lowest BCUT2D eigenvalue weighted by molar-refractivity contribution is 0.180. The maximum Gasteiger partial charge on any atom is 0.328 e. The minimum Gasteiger partial charge on any atom is -0.327 e. The standard InChI is InChI=1S/C21H29F3N4O2/c1-10-15-18(28(14-3-4-14)21(30)26-20(15)29)11(2)19(16(10)24)27-6-5-12(9-27)17(25)13(7-22)8-23/h11-14,17,19H,3-9,25H2,1-2H3,(H,26,29,30). The van der Waals surface area contributed by atoms with Gasteiger partial charge in [-0.15, -0.1) is 0 Å². The Balaban J connectivity index is 1.69. The van der Waals surface area contributed by atoms with E-state index < -0.39 is 48.5 Å². The van der Waals surface area contributed by atoms with Crippen LogP contribution in [0.2, 0.25) is 0 Å². The van der Waals surface area contributed by atoms with E-state index in [0.717, 1.165) is 12.8 Å². The molecule has 1 aromatic rings. The Morgan fingerprint density at radius 1 is 1.20 bits per heavy atom. The van der Waals surface area contributed by atoms with Crippen molar-refractivity contribution in [1.82, 2.24) is 14.5 Å². The Kier molecular flexibility index (Phi) is 5.69. The van der Waals surface area contributed by atoms with Crippen LogP contribution in [0.15, 0.2) is 15.4 Å². The summed E-state index contributed by atoms with van der Waals surface area (Å²) in [6.45, 7) is 2.76. The molecule has 9 heteroatoms. The molecule has 1 aromatic heterocycles. The number of fused-ring (bicyclic) bond motifs is 1. The van der Waals surface area contributed by atoms with Gasteiger partial charge in [0.2, 0.25) is 0 Å². The van der Waals surface area contributed by atoms with E-state index in [1.54, 1.807) is 11.5 Å². The van der Waals surface area contributed by atoms with Gasteiger partial charge in [0.25, 0.3) is 5.56 Å². The number of likely N-dealkylation sites (tertiary alicyclic amines) is 1. The Hall–Kier alpha value is -1.87. The first-order valence-electron chi connectivity index (χ1n) is 10.7. The average molecular weight is 426 g/mol. The zero-order valence-corrected chi connectivity index (χ0v) is 17.3. The Morgan fingerprint density at radius 2 is 1.87 bits per heavy atom. The Labute approximate surface area is 172 Å². The highest BCUT2D eigenvalue weighted by Crippen LogP contribution is 2.44. The summed E-state index contributed by atoms with van der Waals surface area (Å²) in [5.41, 5.74) is 6.21. The third kappa shape index (κ3) is 3.36. The van der Waals surface area contributed by atoms with Gasteiger partial charge >= 0.3 is 5.69 Å². The number of halogens is 3. The van der Waals surface area contributed by atoms with Crippen LogP contribution in [0.5, 0.6) is 0 Å². The van der Waals surface area contributed by atoms with Crippen LogP contribution in [-0.2, 0) is 0 Å². The van der Waals surface area contributed by atoms with Gasteiger partial charge in [0.1, 0.15) is 5.83 Å². The molecule has 2 fully saturated rings. The van der Waals surface area contributed by atoms with Gasteiger partial charge in [-0.05, 0) is 44.2 Å². The van der Waals surface area contributed by atoms with Crippen LogP contribution in [-0.4, -0.2) is 53.0 Å². The Bertz CT molecular complexity index is 964. The largest absolute Gasteiger partial charge is 0.328 e. The lowest BCUT2D eigenvalue weighted by atomic mass is 9.83. The first-order valence-corrected chi connectivity index (χ1v) is 10.7. The van der Waals surface area contributed by atoms with Crippen molar-refractivity contribution in [2.24, 2.45) is 17.6 Å². The van der Waals surface area contributed by atoms with Gasteiger partial charge in [0.15, 0.2) is 0 Å². The quantitative estimate of drug-likeness (QED) is 0.731. The van der Waals surface area contributed by atoms with Crippen LogP contribution in [0.3, 0.4) is 0 Å². The number of alkyl halides is 2. The van der Waals surface area contributed by atoms with Crippen molar-refractivity contribution >= 4 is 5.57 Å². The van der Waals surface area contributed by atoms with E-state index >= 15 is 4.39 Å². The van der Waals surface area contributed by atoms with E-state index in [1.807, 2.05) is 11.8 Å². The molecule has 0 spiro atoms. The zero-order chi connectivity index (χ0) is 21.7. The maximum atomic E-state index is 15.5. The van der Waals surface area contributed by atoms with Crippen LogP contribution >= 0.6 is 0 Å². The topological polar surface area (TPSA) is 84.1 Å². The predicted molar refractivity (Wildman–Crippen MR) is 109 cm³/mol. The third-order valence-corrected chi connectivity index (χ3v) is 7.13. The van der Waals surface area contributed by atoms with E-state index in [0.29, 0.717) is 25.2 Å². The molecular weight excluding hydrogens is 397 g/mol. The summed E-state index contributed by atoms with van der Waals surface area (Å²) in [5.74, 6) is -1.77. The highest BCUT2D eigenvalue weighted by atomic mass is 19.1. The molecule has 2 aliphatic carbocycles. The van der Waals surface area contributed by atoms with Crippen LogP contribution in [0, 0.1) is 11.8 Å². The molecule has 3 aliphatic rings. The van der Waals surface area contributed by atoms with E-state index in [2.05, 4.69) is 4.98 Å². The number of nitrogens with two attached hydrogens (primary N) is 1. The van der Waals surface area contributed by atoms with Gasteiger partial charge in [-0.2, -0.15) is 0 Å². The minimum absolute atomic E-state index is 0.0368. The van der Waals surface area contributed by atoms with Crippen molar-refractivity contribution < 1.29 is 13.2 Å². The number of allylic oxidation sites excluding steroid dienone is 1. The monoisotopic (exact) mass is 426 g/mol. The van der Waals surface area contributed by atoms with Crippen LogP contribution in [0.1, 0.15) is 56.3 Å². The van der Waals surface area contributed by atoms with Crippen LogP contribution < -0.4 is 17.0 Å². The third-order valence-electron chi connectivity index (χ3n) is 7.13. The average Bonchev–Trinajstić information content (AvgIpc) is 3.43. The number of H-pyrrole nitrogens is 1. The molecule has 4 rings (SSSR count). The molecule has 0 amide bonds. The SMILES string of the molecule is CC1=C(F)C(N2CCC(C(N)C(CF)CF)C2)C(C)c2c1c(=O)[nH]c(=O)n2C1CC1. The predicted octanol–water partition coefficient (Wildman–Crippen LogP) is 2.26. The molecule has 0 aromatic carbocycles. The fourth-order valence-electron chi connectivity index (χ4n) is 5.27. The van der Waals surface area contributed by atoms with E-state index in [4.69, 9.17) is 5.73 Å². The number of nitrogens with one attached hydrogen (secondary N) is 1. The van der Waals surface area contributed by atoms with Gasteiger partial charge < -0.3 is 5.73 Å². The summed E-state index contributed by atoms with van der Waals surface area (Å²) in [4.78, 5) is 29.3. The highest BCUT2D eigenvalue weighted by molar-refractivity contribution is 5.71. The smallest absolute Gasteiger partial charge is 0.327 e. The molecule has 4 unspecified atom stereocenters. The number of hydrogen-bond donors (Lipinski definition) is 2. The van der Waals surface area contributed by atoms with Crippen molar-refractivity contribution in [2.75, 3.05) is 26.4 Å². The maximum absolute atomic E-state index is 15.5. The normalized spacial score (nSPS) is 28.3. The molecule has 0 bridgehead atoms. The van der Waals surface area contributed by atoms with Crippen molar-refractivity contribution in [3.05, 3.63) is 37.9 Å². The van der Waals surface area contributed by atoms with Crippen molar-refractivity contribution in [2.45, 2.75) is 57.2 Å². The first-order chi connectivity index (χ1) is 14.3. The lowest BCUT2D eigenvalue weighted by Crippen LogP contribution is -2.46. The molecule has 3 N–H and O–H groups in total. The van der Waals surface area contributed by atoms with E-state index in [1.165, 1.54) is 0 Å². The number of rotatable bonds is 6. The van der Waals surface area contributed by atoms with Gasteiger partial charge in [-0.25, -0.2) is 9.18 Å². The Morgan fingerprint density at radius 3 is 2.47 bits per heavy atom. The molecule has 6 nitrogen and oxygen atoms in total. The molecule has 166 valence electrons. The molecule has 1 saturated heterocycles. The number of nitrogens with zero attached hydrogens (tertiary/aromatic N) is 2. The summed E-state index contributed by atoms with van der Waals surface area (Å²) < 4.78 is 43.3. The van der Waals surface area contributed by atoms with Crippen LogP contribution in [0.25, 0.3) is 5.57 Å². The molecule has 1 aliphatic heterocycles. The second-order valence-corrected chi connectivity index (χ2v) is 9.02. The minimum atomic E-state index is -0.847. The van der Waals surface area contributed by atoms with Gasteiger partial charge in [0.05, 0.1) is 25.0 Å².